The van der Waals surface area contributed by atoms with Gasteiger partial charge in [-0.3, -0.25) is 10.1 Å². The maximum atomic E-state index is 10.4. The van der Waals surface area contributed by atoms with Crippen LogP contribution in [-0.4, -0.2) is 14.7 Å². The molecule has 2 rings (SSSR count). The summed E-state index contributed by atoms with van der Waals surface area (Å²) < 4.78 is 1.49. The maximum Gasteiger partial charge on any atom is 0.269 e. The van der Waals surface area contributed by atoms with Crippen molar-refractivity contribution in [1.82, 2.24) is 9.78 Å². The second-order valence-corrected chi connectivity index (χ2v) is 3.06. The summed E-state index contributed by atoms with van der Waals surface area (Å²) in [5, 5.41) is 23.0. The lowest BCUT2D eigenvalue weighted by Gasteiger charge is -1.99. The molecular weight excluding hydrogens is 208 g/mol. The first-order valence-electron chi connectivity index (χ1n) is 4.40. The molecule has 1 aromatic heterocycles. The Morgan fingerprint density at radius 2 is 2.06 bits per heavy atom. The van der Waals surface area contributed by atoms with Crippen molar-refractivity contribution in [2.75, 3.05) is 0 Å². The second kappa shape index (κ2) is 3.82. The molecule has 0 unspecified atom stereocenters. The standard InChI is InChI=1S/C10H6N4O2/c11-5-8-6-12-13(7-8)9-1-3-10(4-2-9)14(15)16/h1-4,6-7H. The van der Waals surface area contributed by atoms with Gasteiger partial charge >= 0.3 is 0 Å². The summed E-state index contributed by atoms with van der Waals surface area (Å²) >= 11 is 0. The Labute approximate surface area is 90.5 Å². The number of non-ortho nitro benzene ring substituents is 1. The minimum absolute atomic E-state index is 0.0245. The van der Waals surface area contributed by atoms with Crippen LogP contribution in [0.1, 0.15) is 5.56 Å². The third-order valence-electron chi connectivity index (χ3n) is 2.04. The fourth-order valence-electron chi connectivity index (χ4n) is 1.25. The van der Waals surface area contributed by atoms with E-state index in [1.807, 2.05) is 6.07 Å². The third-order valence-corrected chi connectivity index (χ3v) is 2.04. The topological polar surface area (TPSA) is 84.8 Å². The molecule has 2 aromatic rings. The van der Waals surface area contributed by atoms with Crippen molar-refractivity contribution in [3.63, 3.8) is 0 Å². The zero-order valence-electron chi connectivity index (χ0n) is 8.07. The summed E-state index contributed by atoms with van der Waals surface area (Å²) in [5.41, 5.74) is 1.14. The van der Waals surface area contributed by atoms with Crippen LogP contribution in [0.15, 0.2) is 36.7 Å². The summed E-state index contributed by atoms with van der Waals surface area (Å²) in [6.45, 7) is 0. The van der Waals surface area contributed by atoms with E-state index < -0.39 is 4.92 Å². The Morgan fingerprint density at radius 3 is 2.56 bits per heavy atom. The van der Waals surface area contributed by atoms with Gasteiger partial charge in [0.05, 0.1) is 22.4 Å². The highest BCUT2D eigenvalue weighted by atomic mass is 16.6. The predicted octanol–water partition coefficient (Wildman–Crippen LogP) is 1.65. The van der Waals surface area contributed by atoms with Crippen LogP contribution in [0.25, 0.3) is 5.69 Å². The molecule has 0 fully saturated rings. The first-order chi connectivity index (χ1) is 7.70. The number of benzene rings is 1. The maximum absolute atomic E-state index is 10.4. The van der Waals surface area contributed by atoms with E-state index in [0.29, 0.717) is 11.3 Å². The van der Waals surface area contributed by atoms with Crippen LogP contribution in [0.4, 0.5) is 5.69 Å². The fraction of sp³-hybridized carbons (Fsp3) is 0. The summed E-state index contributed by atoms with van der Waals surface area (Å²) in [6, 6.07) is 7.89. The molecule has 0 saturated heterocycles. The summed E-state index contributed by atoms with van der Waals surface area (Å²) in [6.07, 6.45) is 2.99. The van der Waals surface area contributed by atoms with Crippen LogP contribution in [0.5, 0.6) is 0 Å². The number of nitro benzene ring substituents is 1. The van der Waals surface area contributed by atoms with Gasteiger partial charge in [0.2, 0.25) is 0 Å². The quantitative estimate of drug-likeness (QED) is 0.562. The van der Waals surface area contributed by atoms with Crippen molar-refractivity contribution >= 4 is 5.69 Å². The van der Waals surface area contributed by atoms with Crippen molar-refractivity contribution in [1.29, 1.82) is 5.26 Å². The molecule has 0 bridgehead atoms. The van der Waals surface area contributed by atoms with Gasteiger partial charge in [-0.05, 0) is 12.1 Å². The molecule has 0 N–H and O–H groups in total. The predicted molar refractivity (Wildman–Crippen MR) is 54.9 cm³/mol. The SMILES string of the molecule is N#Cc1cnn(-c2ccc([N+](=O)[O-])cc2)c1. The molecule has 78 valence electrons. The first-order valence-corrected chi connectivity index (χ1v) is 4.40. The van der Waals surface area contributed by atoms with Crippen molar-refractivity contribution in [2.24, 2.45) is 0 Å². The van der Waals surface area contributed by atoms with Gasteiger partial charge in [-0.1, -0.05) is 0 Å². The molecule has 6 nitrogen and oxygen atoms in total. The van der Waals surface area contributed by atoms with Gasteiger partial charge in [0, 0.05) is 18.3 Å². The highest BCUT2D eigenvalue weighted by Crippen LogP contribution is 2.14. The number of aromatic nitrogens is 2. The Hall–Kier alpha value is -2.68. The molecule has 0 radical (unpaired) electrons. The van der Waals surface area contributed by atoms with E-state index in [4.69, 9.17) is 5.26 Å². The minimum atomic E-state index is -0.465. The molecule has 0 spiro atoms. The van der Waals surface area contributed by atoms with E-state index in [1.165, 1.54) is 23.0 Å². The van der Waals surface area contributed by atoms with E-state index >= 15 is 0 Å². The minimum Gasteiger partial charge on any atom is -0.258 e. The van der Waals surface area contributed by atoms with Gasteiger partial charge in [0.15, 0.2) is 0 Å². The first kappa shape index (κ1) is 9.86. The summed E-state index contributed by atoms with van der Waals surface area (Å²) in [4.78, 5) is 9.97. The van der Waals surface area contributed by atoms with E-state index in [-0.39, 0.29) is 5.69 Å². The van der Waals surface area contributed by atoms with Crippen LogP contribution >= 0.6 is 0 Å². The zero-order chi connectivity index (χ0) is 11.5. The van der Waals surface area contributed by atoms with Crippen molar-refractivity contribution < 1.29 is 4.92 Å². The number of nitro groups is 1. The smallest absolute Gasteiger partial charge is 0.258 e. The van der Waals surface area contributed by atoms with Crippen LogP contribution in [-0.2, 0) is 0 Å². The lowest BCUT2D eigenvalue weighted by atomic mass is 10.3. The monoisotopic (exact) mass is 214 g/mol. The van der Waals surface area contributed by atoms with Gasteiger partial charge in [0.1, 0.15) is 6.07 Å². The molecule has 6 heteroatoms. The van der Waals surface area contributed by atoms with Gasteiger partial charge in [0.25, 0.3) is 5.69 Å². The molecule has 0 aliphatic rings. The normalized spacial score (nSPS) is 9.69. The van der Waals surface area contributed by atoms with E-state index in [9.17, 15) is 10.1 Å². The molecular formula is C10H6N4O2. The largest absolute Gasteiger partial charge is 0.269 e. The van der Waals surface area contributed by atoms with Crippen LogP contribution in [0.2, 0.25) is 0 Å². The van der Waals surface area contributed by atoms with E-state index in [0.717, 1.165) is 0 Å². The fourth-order valence-corrected chi connectivity index (χ4v) is 1.25. The molecule has 1 aromatic carbocycles. The lowest BCUT2D eigenvalue weighted by Crippen LogP contribution is -1.94. The van der Waals surface area contributed by atoms with Crippen LogP contribution in [0, 0.1) is 21.4 Å². The molecule has 0 amide bonds. The molecule has 0 saturated carbocycles. The summed E-state index contributed by atoms with van der Waals surface area (Å²) in [5.74, 6) is 0. The average molecular weight is 214 g/mol. The van der Waals surface area contributed by atoms with Gasteiger partial charge in [-0.25, -0.2) is 4.68 Å². The highest BCUT2D eigenvalue weighted by molar-refractivity contribution is 5.41. The molecule has 1 heterocycles. The number of hydrogen-bond donors (Lipinski definition) is 0. The Kier molecular flexibility index (Phi) is 2.36. The van der Waals surface area contributed by atoms with Crippen molar-refractivity contribution in [3.8, 4) is 11.8 Å². The van der Waals surface area contributed by atoms with E-state index in [2.05, 4.69) is 5.10 Å². The Balaban J connectivity index is 2.35. The number of nitrogens with zero attached hydrogens (tertiary/aromatic N) is 4. The molecule has 0 aliphatic carbocycles. The third kappa shape index (κ3) is 1.74. The number of nitriles is 1. The van der Waals surface area contributed by atoms with Crippen molar-refractivity contribution in [2.45, 2.75) is 0 Å². The number of hydrogen-bond acceptors (Lipinski definition) is 4. The Morgan fingerprint density at radius 1 is 1.38 bits per heavy atom. The Bertz CT molecular complexity index is 565. The van der Waals surface area contributed by atoms with Gasteiger partial charge < -0.3 is 0 Å². The van der Waals surface area contributed by atoms with Gasteiger partial charge in [-0.2, -0.15) is 10.4 Å². The zero-order valence-corrected chi connectivity index (χ0v) is 8.07. The van der Waals surface area contributed by atoms with Crippen molar-refractivity contribution in [3.05, 3.63) is 52.3 Å². The molecule has 0 aliphatic heterocycles. The van der Waals surface area contributed by atoms with Crippen LogP contribution in [0.3, 0.4) is 0 Å². The van der Waals surface area contributed by atoms with E-state index in [1.54, 1.807) is 18.3 Å². The van der Waals surface area contributed by atoms with Crippen LogP contribution < -0.4 is 0 Å². The lowest BCUT2D eigenvalue weighted by molar-refractivity contribution is -0.384. The molecule has 16 heavy (non-hydrogen) atoms. The second-order valence-electron chi connectivity index (χ2n) is 3.06. The summed E-state index contributed by atoms with van der Waals surface area (Å²) in [7, 11) is 0. The highest BCUT2D eigenvalue weighted by Gasteiger charge is 2.05. The number of rotatable bonds is 2. The van der Waals surface area contributed by atoms with Gasteiger partial charge in [-0.15, -0.1) is 0 Å². The molecule has 0 atom stereocenters. The average Bonchev–Trinajstić information content (AvgIpc) is 2.77.